The van der Waals surface area contributed by atoms with Crippen molar-refractivity contribution in [3.8, 4) is 44.5 Å². The summed E-state index contributed by atoms with van der Waals surface area (Å²) in [6, 6.07) is 76.0. The fourth-order valence-electron chi connectivity index (χ4n) is 7.96. The van der Waals surface area contributed by atoms with Crippen LogP contribution in [0.3, 0.4) is 0 Å². The highest BCUT2D eigenvalue weighted by atomic mass is 16.3. The van der Waals surface area contributed by atoms with Gasteiger partial charge in [-0.3, -0.25) is 0 Å². The standard InChI is InChI=1S/C52H35NO/c1-3-16-36(17-4-1)39-30-32-44(48(34-39)43-24-10-9-22-41(43)37-18-5-2-6-19-37)45-25-11-13-27-50(45)53(49-28-15-21-38-20-7-8-23-42(38)49)40-31-33-47-46-26-12-14-29-51(46)54-52(47)35-40/h1-35H. The number of anilines is 3. The molecule has 10 aromatic rings. The largest absolute Gasteiger partial charge is 0.456 e. The van der Waals surface area contributed by atoms with Gasteiger partial charge in [-0.25, -0.2) is 0 Å². The number of benzene rings is 9. The lowest BCUT2D eigenvalue weighted by atomic mass is 9.86. The number of hydrogen-bond donors (Lipinski definition) is 0. The van der Waals surface area contributed by atoms with E-state index < -0.39 is 0 Å². The summed E-state index contributed by atoms with van der Waals surface area (Å²) >= 11 is 0. The van der Waals surface area contributed by atoms with E-state index in [1.165, 1.54) is 44.2 Å². The Labute approximate surface area is 314 Å². The van der Waals surface area contributed by atoms with Crippen molar-refractivity contribution < 1.29 is 4.42 Å². The molecule has 0 aliphatic heterocycles. The maximum absolute atomic E-state index is 6.48. The summed E-state index contributed by atoms with van der Waals surface area (Å²) < 4.78 is 6.48. The number of hydrogen-bond acceptors (Lipinski definition) is 2. The van der Waals surface area contributed by atoms with Crippen LogP contribution in [0.25, 0.3) is 77.2 Å². The predicted octanol–water partition coefficient (Wildman–Crippen LogP) is 14.9. The zero-order valence-electron chi connectivity index (χ0n) is 29.6. The average Bonchev–Trinajstić information content (AvgIpc) is 3.62. The van der Waals surface area contributed by atoms with Crippen LogP contribution in [0.15, 0.2) is 217 Å². The lowest BCUT2D eigenvalue weighted by Crippen LogP contribution is -2.12. The Morgan fingerprint density at radius 2 is 0.889 bits per heavy atom. The van der Waals surface area contributed by atoms with E-state index in [9.17, 15) is 0 Å². The highest BCUT2D eigenvalue weighted by Gasteiger charge is 2.23. The monoisotopic (exact) mass is 689 g/mol. The molecule has 0 amide bonds. The third-order valence-corrected chi connectivity index (χ3v) is 10.5. The van der Waals surface area contributed by atoms with Crippen LogP contribution < -0.4 is 4.90 Å². The molecule has 2 nitrogen and oxygen atoms in total. The van der Waals surface area contributed by atoms with Gasteiger partial charge in [0.1, 0.15) is 11.2 Å². The molecule has 0 radical (unpaired) electrons. The van der Waals surface area contributed by atoms with E-state index in [-0.39, 0.29) is 0 Å². The molecule has 54 heavy (non-hydrogen) atoms. The van der Waals surface area contributed by atoms with Crippen molar-refractivity contribution in [2.45, 2.75) is 0 Å². The molecule has 0 aliphatic carbocycles. The van der Waals surface area contributed by atoms with Gasteiger partial charge in [-0.15, -0.1) is 0 Å². The van der Waals surface area contributed by atoms with Crippen LogP contribution in [0, 0.1) is 0 Å². The third kappa shape index (κ3) is 5.53. The summed E-state index contributed by atoms with van der Waals surface area (Å²) in [5.41, 5.74) is 14.4. The molecule has 0 bridgehead atoms. The van der Waals surface area contributed by atoms with E-state index in [4.69, 9.17) is 4.42 Å². The first kappa shape index (κ1) is 31.6. The zero-order valence-corrected chi connectivity index (χ0v) is 29.6. The van der Waals surface area contributed by atoms with Crippen molar-refractivity contribution in [3.05, 3.63) is 212 Å². The predicted molar refractivity (Wildman–Crippen MR) is 228 cm³/mol. The fraction of sp³-hybridized carbons (Fsp3) is 0. The molecule has 0 saturated carbocycles. The highest BCUT2D eigenvalue weighted by Crippen LogP contribution is 2.48. The van der Waals surface area contributed by atoms with Gasteiger partial charge in [0, 0.05) is 33.5 Å². The molecule has 0 spiro atoms. The first-order valence-corrected chi connectivity index (χ1v) is 18.4. The lowest BCUT2D eigenvalue weighted by Gasteiger charge is -2.29. The Morgan fingerprint density at radius 3 is 1.72 bits per heavy atom. The average molecular weight is 690 g/mol. The molecule has 0 saturated heterocycles. The van der Waals surface area contributed by atoms with Gasteiger partial charge in [0.25, 0.3) is 0 Å². The van der Waals surface area contributed by atoms with Gasteiger partial charge in [0.2, 0.25) is 0 Å². The molecule has 9 aromatic carbocycles. The Bertz CT molecular complexity index is 2940. The summed E-state index contributed by atoms with van der Waals surface area (Å²) in [5.74, 6) is 0. The van der Waals surface area contributed by atoms with Crippen molar-refractivity contribution in [2.24, 2.45) is 0 Å². The minimum Gasteiger partial charge on any atom is -0.456 e. The van der Waals surface area contributed by atoms with Crippen LogP contribution in [0.5, 0.6) is 0 Å². The number of furan rings is 1. The van der Waals surface area contributed by atoms with Crippen molar-refractivity contribution in [3.63, 3.8) is 0 Å². The van der Waals surface area contributed by atoms with Gasteiger partial charge in [-0.2, -0.15) is 0 Å². The summed E-state index contributed by atoms with van der Waals surface area (Å²) in [4.78, 5) is 2.41. The molecule has 0 atom stereocenters. The smallest absolute Gasteiger partial charge is 0.137 e. The van der Waals surface area contributed by atoms with E-state index in [0.29, 0.717) is 0 Å². The second-order valence-electron chi connectivity index (χ2n) is 13.7. The van der Waals surface area contributed by atoms with E-state index in [0.717, 1.165) is 50.1 Å². The molecule has 0 N–H and O–H groups in total. The number of rotatable bonds is 7. The topological polar surface area (TPSA) is 16.4 Å². The van der Waals surface area contributed by atoms with Crippen LogP contribution in [-0.4, -0.2) is 0 Å². The van der Waals surface area contributed by atoms with E-state index in [1.54, 1.807) is 0 Å². The van der Waals surface area contributed by atoms with Crippen LogP contribution in [0.1, 0.15) is 0 Å². The van der Waals surface area contributed by atoms with Crippen molar-refractivity contribution >= 4 is 49.8 Å². The summed E-state index contributed by atoms with van der Waals surface area (Å²) in [6.45, 7) is 0. The van der Waals surface area contributed by atoms with E-state index in [1.807, 2.05) is 12.1 Å². The normalized spacial score (nSPS) is 11.3. The maximum atomic E-state index is 6.48. The van der Waals surface area contributed by atoms with Crippen molar-refractivity contribution in [1.29, 1.82) is 0 Å². The number of fused-ring (bicyclic) bond motifs is 4. The SMILES string of the molecule is c1ccc(-c2ccc(-c3ccccc3N(c3ccc4c(c3)oc3ccccc34)c3cccc4ccccc34)c(-c3ccccc3-c3ccccc3)c2)cc1. The maximum Gasteiger partial charge on any atom is 0.137 e. The molecule has 2 heteroatoms. The van der Waals surface area contributed by atoms with Gasteiger partial charge in [0.15, 0.2) is 0 Å². The Balaban J connectivity index is 1.24. The van der Waals surface area contributed by atoms with Gasteiger partial charge in [-0.05, 0) is 80.7 Å². The van der Waals surface area contributed by atoms with Crippen molar-refractivity contribution in [2.75, 3.05) is 4.90 Å². The Morgan fingerprint density at radius 1 is 0.296 bits per heavy atom. The van der Waals surface area contributed by atoms with Crippen LogP contribution >= 0.6 is 0 Å². The third-order valence-electron chi connectivity index (χ3n) is 10.5. The number of para-hydroxylation sites is 2. The Hall–Kier alpha value is -7.16. The molecule has 0 aliphatic rings. The number of nitrogens with zero attached hydrogens (tertiary/aromatic N) is 1. The molecule has 0 unspecified atom stereocenters. The quantitative estimate of drug-likeness (QED) is 0.166. The molecule has 254 valence electrons. The van der Waals surface area contributed by atoms with E-state index >= 15 is 0 Å². The first-order valence-electron chi connectivity index (χ1n) is 18.4. The van der Waals surface area contributed by atoms with Gasteiger partial charge >= 0.3 is 0 Å². The molecular weight excluding hydrogens is 655 g/mol. The van der Waals surface area contributed by atoms with Gasteiger partial charge < -0.3 is 9.32 Å². The minimum atomic E-state index is 0.862. The summed E-state index contributed by atoms with van der Waals surface area (Å²) in [5, 5.41) is 4.59. The molecular formula is C52H35NO. The van der Waals surface area contributed by atoms with Crippen LogP contribution in [0.4, 0.5) is 17.1 Å². The first-order chi connectivity index (χ1) is 26.8. The van der Waals surface area contributed by atoms with Gasteiger partial charge in [-0.1, -0.05) is 170 Å². The molecule has 0 fully saturated rings. The Kier molecular flexibility index (Phi) is 7.85. The van der Waals surface area contributed by atoms with Crippen LogP contribution in [0.2, 0.25) is 0 Å². The van der Waals surface area contributed by atoms with Crippen molar-refractivity contribution in [1.82, 2.24) is 0 Å². The molecule has 1 aromatic heterocycles. The second-order valence-corrected chi connectivity index (χ2v) is 13.7. The summed E-state index contributed by atoms with van der Waals surface area (Å²) in [6.07, 6.45) is 0. The van der Waals surface area contributed by atoms with Gasteiger partial charge in [0.05, 0.1) is 11.4 Å². The minimum absolute atomic E-state index is 0.862. The second kappa shape index (κ2) is 13.4. The lowest BCUT2D eigenvalue weighted by molar-refractivity contribution is 0.669. The zero-order chi connectivity index (χ0) is 35.8. The molecule has 10 rings (SSSR count). The molecule has 1 heterocycles. The summed E-state index contributed by atoms with van der Waals surface area (Å²) in [7, 11) is 0. The van der Waals surface area contributed by atoms with Crippen LogP contribution in [-0.2, 0) is 0 Å². The fourth-order valence-corrected chi connectivity index (χ4v) is 7.96. The van der Waals surface area contributed by atoms with E-state index in [2.05, 4.69) is 205 Å². The highest BCUT2D eigenvalue weighted by molar-refractivity contribution is 6.08.